The van der Waals surface area contributed by atoms with E-state index in [4.69, 9.17) is 4.98 Å². The first-order valence-electron chi connectivity index (χ1n) is 7.68. The van der Waals surface area contributed by atoms with Gasteiger partial charge in [-0.05, 0) is 38.1 Å². The summed E-state index contributed by atoms with van der Waals surface area (Å²) < 4.78 is 0. The molecular weight excluding hydrogens is 254 g/mol. The maximum atomic E-state index is 4.88. The van der Waals surface area contributed by atoms with Crippen molar-refractivity contribution in [1.29, 1.82) is 0 Å². The normalized spacial score (nSPS) is 20.6. The van der Waals surface area contributed by atoms with Gasteiger partial charge in [-0.25, -0.2) is 4.98 Å². The van der Waals surface area contributed by atoms with Gasteiger partial charge in [0, 0.05) is 24.5 Å². The lowest BCUT2D eigenvalue weighted by Crippen LogP contribution is -2.23. The zero-order valence-electron chi connectivity index (χ0n) is 12.5. The third-order valence-electron chi connectivity index (χ3n) is 3.92. The van der Waals surface area contributed by atoms with Crippen molar-refractivity contribution in [2.45, 2.75) is 53.0 Å². The lowest BCUT2D eigenvalue weighted by Gasteiger charge is -2.18. The van der Waals surface area contributed by atoms with Crippen LogP contribution < -0.4 is 10.2 Å². The summed E-state index contributed by atoms with van der Waals surface area (Å²) in [5.74, 6) is 0.872. The molecule has 0 saturated carbocycles. The van der Waals surface area contributed by atoms with Crippen molar-refractivity contribution in [1.82, 2.24) is 10.3 Å². The fourth-order valence-electron chi connectivity index (χ4n) is 2.61. The summed E-state index contributed by atoms with van der Waals surface area (Å²) in [6, 6.07) is 0. The van der Waals surface area contributed by atoms with Crippen LogP contribution in [-0.2, 0) is 13.0 Å². The lowest BCUT2D eigenvalue weighted by molar-refractivity contribution is 0.521. The van der Waals surface area contributed by atoms with E-state index in [0.717, 1.165) is 25.4 Å². The smallest absolute Gasteiger partial charge is 0.185 e. The second kappa shape index (κ2) is 7.25. The molecule has 0 bridgehead atoms. The quantitative estimate of drug-likeness (QED) is 0.896. The number of rotatable bonds is 5. The highest BCUT2D eigenvalue weighted by molar-refractivity contribution is 7.15. The predicted octanol–water partition coefficient (Wildman–Crippen LogP) is 3.44. The average Bonchev–Trinajstić information content (AvgIpc) is 2.71. The first-order chi connectivity index (χ1) is 9.24. The van der Waals surface area contributed by atoms with Gasteiger partial charge in [-0.1, -0.05) is 20.8 Å². The highest BCUT2D eigenvalue weighted by atomic mass is 32.1. The van der Waals surface area contributed by atoms with Crippen LogP contribution in [-0.4, -0.2) is 24.6 Å². The van der Waals surface area contributed by atoms with Crippen molar-refractivity contribution < 1.29 is 0 Å². The van der Waals surface area contributed by atoms with Crippen LogP contribution in [0.5, 0.6) is 0 Å². The van der Waals surface area contributed by atoms with Crippen LogP contribution >= 0.6 is 11.3 Å². The number of nitrogens with zero attached hydrogens (tertiary/aromatic N) is 2. The first kappa shape index (κ1) is 14.8. The van der Waals surface area contributed by atoms with Gasteiger partial charge in [0.2, 0.25) is 0 Å². The molecule has 1 aliphatic heterocycles. The molecule has 2 rings (SSSR count). The molecule has 0 amide bonds. The summed E-state index contributed by atoms with van der Waals surface area (Å²) in [4.78, 5) is 8.81. The molecular formula is C15H27N3S. The van der Waals surface area contributed by atoms with Crippen molar-refractivity contribution in [3.8, 4) is 0 Å². The second-order valence-corrected chi connectivity index (χ2v) is 6.59. The Kier molecular flexibility index (Phi) is 5.64. The van der Waals surface area contributed by atoms with Crippen LogP contribution in [0.25, 0.3) is 0 Å². The van der Waals surface area contributed by atoms with Crippen LogP contribution in [0.4, 0.5) is 5.13 Å². The fourth-order valence-corrected chi connectivity index (χ4v) is 3.78. The molecule has 0 aliphatic carbocycles. The van der Waals surface area contributed by atoms with Gasteiger partial charge in [-0.3, -0.25) is 0 Å². The van der Waals surface area contributed by atoms with Crippen LogP contribution in [0.3, 0.4) is 0 Å². The van der Waals surface area contributed by atoms with Crippen molar-refractivity contribution >= 4 is 16.5 Å². The predicted molar refractivity (Wildman–Crippen MR) is 84.1 cm³/mol. The van der Waals surface area contributed by atoms with Crippen molar-refractivity contribution in [3.63, 3.8) is 0 Å². The SMILES string of the molecule is CCNCc1sc(N2CCCC(C)CC2)nc1CC. The van der Waals surface area contributed by atoms with Gasteiger partial charge in [-0.2, -0.15) is 0 Å². The third-order valence-corrected chi connectivity index (χ3v) is 5.08. The van der Waals surface area contributed by atoms with E-state index < -0.39 is 0 Å². The Hall–Kier alpha value is -0.610. The van der Waals surface area contributed by atoms with Crippen LogP contribution in [0.15, 0.2) is 0 Å². The minimum Gasteiger partial charge on any atom is -0.348 e. The number of hydrogen-bond acceptors (Lipinski definition) is 4. The summed E-state index contributed by atoms with van der Waals surface area (Å²) in [5.41, 5.74) is 1.29. The van der Waals surface area contributed by atoms with Gasteiger partial charge in [-0.15, -0.1) is 11.3 Å². The second-order valence-electron chi connectivity index (χ2n) is 5.52. The van der Waals surface area contributed by atoms with Gasteiger partial charge in [0.05, 0.1) is 5.69 Å². The number of anilines is 1. The van der Waals surface area contributed by atoms with E-state index >= 15 is 0 Å². The summed E-state index contributed by atoms with van der Waals surface area (Å²) in [7, 11) is 0. The van der Waals surface area contributed by atoms with Crippen LogP contribution in [0.2, 0.25) is 0 Å². The number of thiazole rings is 1. The molecule has 1 aromatic rings. The molecule has 3 nitrogen and oxygen atoms in total. The van der Waals surface area contributed by atoms with Crippen molar-refractivity contribution in [2.24, 2.45) is 5.92 Å². The summed E-state index contributed by atoms with van der Waals surface area (Å²) in [6.45, 7) is 11.1. The summed E-state index contributed by atoms with van der Waals surface area (Å²) in [6.07, 6.45) is 5.03. The minimum atomic E-state index is 0.872. The summed E-state index contributed by atoms with van der Waals surface area (Å²) >= 11 is 1.89. The highest BCUT2D eigenvalue weighted by Crippen LogP contribution is 2.29. The number of aryl methyl sites for hydroxylation is 1. The molecule has 1 N–H and O–H groups in total. The largest absolute Gasteiger partial charge is 0.348 e. The first-order valence-corrected chi connectivity index (χ1v) is 8.50. The molecule has 108 valence electrons. The number of nitrogens with one attached hydrogen (secondary N) is 1. The molecule has 0 aromatic carbocycles. The summed E-state index contributed by atoms with van der Waals surface area (Å²) in [5, 5.41) is 4.68. The molecule has 0 spiro atoms. The van der Waals surface area contributed by atoms with E-state index in [1.54, 1.807) is 0 Å². The van der Waals surface area contributed by atoms with Crippen LogP contribution in [0.1, 0.15) is 50.6 Å². The molecule has 1 saturated heterocycles. The molecule has 1 atom stereocenters. The Morgan fingerprint density at radius 3 is 2.89 bits per heavy atom. The Balaban J connectivity index is 2.08. The van der Waals surface area contributed by atoms with E-state index in [0.29, 0.717) is 0 Å². The highest BCUT2D eigenvalue weighted by Gasteiger charge is 2.18. The fraction of sp³-hybridized carbons (Fsp3) is 0.800. The Morgan fingerprint density at radius 1 is 1.32 bits per heavy atom. The Labute approximate surface area is 121 Å². The Morgan fingerprint density at radius 2 is 2.16 bits per heavy atom. The molecule has 1 aromatic heterocycles. The average molecular weight is 281 g/mol. The molecule has 1 fully saturated rings. The lowest BCUT2D eigenvalue weighted by atomic mass is 10.0. The van der Waals surface area contributed by atoms with Gasteiger partial charge >= 0.3 is 0 Å². The van der Waals surface area contributed by atoms with Gasteiger partial charge < -0.3 is 10.2 Å². The van der Waals surface area contributed by atoms with E-state index in [9.17, 15) is 0 Å². The number of aromatic nitrogens is 1. The molecule has 4 heteroatoms. The maximum Gasteiger partial charge on any atom is 0.185 e. The molecule has 0 radical (unpaired) electrons. The van der Waals surface area contributed by atoms with Crippen molar-refractivity contribution in [3.05, 3.63) is 10.6 Å². The standard InChI is InChI=1S/C15H27N3S/c1-4-13-14(11-16-5-2)19-15(17-13)18-9-6-7-12(3)8-10-18/h12,16H,4-11H2,1-3H3. The van der Waals surface area contributed by atoms with Crippen LogP contribution in [0, 0.1) is 5.92 Å². The molecule has 19 heavy (non-hydrogen) atoms. The van der Waals surface area contributed by atoms with E-state index in [2.05, 4.69) is 31.0 Å². The van der Waals surface area contributed by atoms with Crippen molar-refractivity contribution in [2.75, 3.05) is 24.5 Å². The van der Waals surface area contributed by atoms with Gasteiger partial charge in [0.1, 0.15) is 0 Å². The topological polar surface area (TPSA) is 28.2 Å². The number of hydrogen-bond donors (Lipinski definition) is 1. The minimum absolute atomic E-state index is 0.872. The van der Waals surface area contributed by atoms with E-state index in [-0.39, 0.29) is 0 Å². The zero-order valence-corrected chi connectivity index (χ0v) is 13.4. The van der Waals surface area contributed by atoms with Gasteiger partial charge in [0.15, 0.2) is 5.13 Å². The molecule has 1 aliphatic rings. The van der Waals surface area contributed by atoms with Gasteiger partial charge in [0.25, 0.3) is 0 Å². The third kappa shape index (κ3) is 3.93. The Bertz CT molecular complexity index is 389. The monoisotopic (exact) mass is 281 g/mol. The van der Waals surface area contributed by atoms with E-state index in [1.807, 2.05) is 11.3 Å². The zero-order chi connectivity index (χ0) is 13.7. The maximum absolute atomic E-state index is 4.88. The molecule has 1 unspecified atom stereocenters. The molecule has 2 heterocycles. The van der Waals surface area contributed by atoms with E-state index in [1.165, 1.54) is 48.1 Å².